The molecule has 2 heterocycles. The minimum absolute atomic E-state index is 0.0815. The summed E-state index contributed by atoms with van der Waals surface area (Å²) in [6.07, 6.45) is 1.97. The first kappa shape index (κ1) is 22.0. The van der Waals surface area contributed by atoms with E-state index >= 15 is 4.39 Å². The van der Waals surface area contributed by atoms with Gasteiger partial charge in [-0.2, -0.15) is 4.98 Å². The van der Waals surface area contributed by atoms with E-state index in [4.69, 9.17) is 13.8 Å². The van der Waals surface area contributed by atoms with Gasteiger partial charge in [-0.1, -0.05) is 18.1 Å². The van der Waals surface area contributed by atoms with Gasteiger partial charge in [0.05, 0.1) is 17.2 Å². The van der Waals surface area contributed by atoms with E-state index in [0.29, 0.717) is 16.9 Å². The van der Waals surface area contributed by atoms with Crippen LogP contribution in [0.1, 0.15) is 88.1 Å². The van der Waals surface area contributed by atoms with Gasteiger partial charge in [-0.15, -0.1) is 0 Å². The Morgan fingerprint density at radius 2 is 1.77 bits per heavy atom. The molecule has 0 bridgehead atoms. The SMILES string of the molecule is Cc1cc(B2OC(C)(C)C(C)(C)O2)c(F)cc1C(C)NC(=O)c1nc(C2(C)CC2)no1. The van der Waals surface area contributed by atoms with Gasteiger partial charge in [0, 0.05) is 10.9 Å². The van der Waals surface area contributed by atoms with Crippen LogP contribution in [-0.4, -0.2) is 34.4 Å². The maximum atomic E-state index is 15.0. The van der Waals surface area contributed by atoms with Crippen molar-refractivity contribution in [2.45, 2.75) is 84.0 Å². The van der Waals surface area contributed by atoms with Gasteiger partial charge in [0.15, 0.2) is 5.82 Å². The van der Waals surface area contributed by atoms with Gasteiger partial charge < -0.3 is 19.1 Å². The Bertz CT molecular complexity index is 1020. The minimum Gasteiger partial charge on any atom is -0.399 e. The van der Waals surface area contributed by atoms with Crippen molar-refractivity contribution in [2.24, 2.45) is 0 Å². The van der Waals surface area contributed by atoms with Crippen LogP contribution in [0.25, 0.3) is 0 Å². The van der Waals surface area contributed by atoms with Crippen molar-refractivity contribution in [1.82, 2.24) is 15.5 Å². The first-order valence-electron chi connectivity index (χ1n) is 10.6. The van der Waals surface area contributed by atoms with Crippen molar-refractivity contribution >= 4 is 18.5 Å². The van der Waals surface area contributed by atoms with Crippen LogP contribution < -0.4 is 10.8 Å². The summed E-state index contributed by atoms with van der Waals surface area (Å²) in [5, 5.41) is 6.74. The molecule has 2 fully saturated rings. The molecule has 166 valence electrons. The Morgan fingerprint density at radius 1 is 1.16 bits per heavy atom. The molecular formula is C22H29BFN3O4. The Balaban J connectivity index is 1.50. The summed E-state index contributed by atoms with van der Waals surface area (Å²) in [5.74, 6) is -0.450. The fraction of sp³-hybridized carbons (Fsp3) is 0.591. The minimum atomic E-state index is -0.789. The Hall–Kier alpha value is -2.26. The van der Waals surface area contributed by atoms with Gasteiger partial charge in [-0.3, -0.25) is 4.79 Å². The summed E-state index contributed by atoms with van der Waals surface area (Å²) in [6.45, 7) is 13.4. The van der Waals surface area contributed by atoms with Crippen molar-refractivity contribution in [2.75, 3.05) is 0 Å². The number of aromatic nitrogens is 2. The Morgan fingerprint density at radius 3 is 2.35 bits per heavy atom. The molecule has 1 amide bonds. The van der Waals surface area contributed by atoms with Gasteiger partial charge >= 0.3 is 18.9 Å². The van der Waals surface area contributed by atoms with Gasteiger partial charge in [-0.25, -0.2) is 4.39 Å². The topological polar surface area (TPSA) is 86.5 Å². The molecule has 0 radical (unpaired) electrons. The molecule has 1 saturated carbocycles. The molecule has 1 aliphatic heterocycles. The number of carbonyl (C=O) groups excluding carboxylic acids is 1. The second kappa shape index (κ2) is 7.13. The summed E-state index contributed by atoms with van der Waals surface area (Å²) < 4.78 is 32.1. The summed E-state index contributed by atoms with van der Waals surface area (Å²) in [6, 6.07) is 2.68. The molecule has 31 heavy (non-hydrogen) atoms. The van der Waals surface area contributed by atoms with Crippen LogP contribution in [0.5, 0.6) is 0 Å². The van der Waals surface area contributed by atoms with E-state index in [1.807, 2.05) is 41.5 Å². The van der Waals surface area contributed by atoms with Crippen LogP contribution in [-0.2, 0) is 14.7 Å². The molecule has 1 N–H and O–H groups in total. The number of nitrogens with zero attached hydrogens (tertiary/aromatic N) is 2. The molecule has 1 aromatic carbocycles. The van der Waals surface area contributed by atoms with E-state index in [0.717, 1.165) is 18.4 Å². The first-order chi connectivity index (χ1) is 14.3. The largest absolute Gasteiger partial charge is 0.497 e. The zero-order chi connectivity index (χ0) is 22.8. The van der Waals surface area contributed by atoms with Gasteiger partial charge in [0.1, 0.15) is 5.82 Å². The molecule has 2 aromatic rings. The second-order valence-electron chi connectivity index (χ2n) is 10.00. The van der Waals surface area contributed by atoms with Crippen LogP contribution in [0.2, 0.25) is 0 Å². The van der Waals surface area contributed by atoms with Crippen LogP contribution in [0.15, 0.2) is 16.7 Å². The van der Waals surface area contributed by atoms with Crippen LogP contribution in [0.4, 0.5) is 4.39 Å². The lowest BCUT2D eigenvalue weighted by molar-refractivity contribution is 0.00578. The molecule has 1 unspecified atom stereocenters. The molecule has 1 aliphatic carbocycles. The lowest BCUT2D eigenvalue weighted by Gasteiger charge is -2.32. The number of benzene rings is 1. The molecule has 9 heteroatoms. The van der Waals surface area contributed by atoms with Crippen molar-refractivity contribution in [3.8, 4) is 0 Å². The third-order valence-electron chi connectivity index (χ3n) is 6.87. The molecule has 7 nitrogen and oxygen atoms in total. The third kappa shape index (κ3) is 3.89. The molecule has 1 atom stereocenters. The normalized spacial score (nSPS) is 21.7. The number of amides is 1. The number of hydrogen-bond acceptors (Lipinski definition) is 6. The summed E-state index contributed by atoms with van der Waals surface area (Å²) in [7, 11) is -0.789. The zero-order valence-electron chi connectivity index (χ0n) is 19.1. The maximum absolute atomic E-state index is 15.0. The average molecular weight is 429 g/mol. The summed E-state index contributed by atoms with van der Waals surface area (Å²) in [4.78, 5) is 16.8. The number of halogens is 1. The number of aryl methyl sites for hydroxylation is 1. The molecule has 1 saturated heterocycles. The number of nitrogens with one attached hydrogen (secondary N) is 1. The highest BCUT2D eigenvalue weighted by Crippen LogP contribution is 2.46. The Kier molecular flexibility index (Phi) is 5.05. The fourth-order valence-electron chi connectivity index (χ4n) is 3.64. The Labute approximate surface area is 182 Å². The summed E-state index contributed by atoms with van der Waals surface area (Å²) in [5.41, 5.74) is 0.612. The smallest absolute Gasteiger partial charge is 0.399 e. The second-order valence-corrected chi connectivity index (χ2v) is 10.00. The predicted molar refractivity (Wildman–Crippen MR) is 114 cm³/mol. The van der Waals surface area contributed by atoms with E-state index in [1.165, 1.54) is 6.07 Å². The van der Waals surface area contributed by atoms with E-state index < -0.39 is 36.1 Å². The standard InChI is InChI=1S/C22H29BFN3O4/c1-12-10-15(23-30-20(3,4)21(5,6)31-23)16(24)11-14(12)13(2)25-17(28)18-26-19(27-29-18)22(7)8-9-22/h10-11,13H,8-9H2,1-7H3,(H,25,28). The van der Waals surface area contributed by atoms with Crippen LogP contribution in [0, 0.1) is 12.7 Å². The van der Waals surface area contributed by atoms with Crippen molar-refractivity contribution in [1.29, 1.82) is 0 Å². The van der Waals surface area contributed by atoms with E-state index in [2.05, 4.69) is 15.5 Å². The maximum Gasteiger partial charge on any atom is 0.497 e. The number of hydrogen-bond donors (Lipinski definition) is 1. The van der Waals surface area contributed by atoms with Crippen LogP contribution in [0.3, 0.4) is 0 Å². The quantitative estimate of drug-likeness (QED) is 0.734. The highest BCUT2D eigenvalue weighted by Gasteiger charge is 2.52. The fourth-order valence-corrected chi connectivity index (χ4v) is 3.64. The number of carbonyl (C=O) groups is 1. The molecule has 1 aromatic heterocycles. The van der Waals surface area contributed by atoms with Crippen molar-refractivity contribution in [3.05, 3.63) is 40.8 Å². The molecule has 2 aliphatic rings. The van der Waals surface area contributed by atoms with Crippen molar-refractivity contribution in [3.63, 3.8) is 0 Å². The van der Waals surface area contributed by atoms with Gasteiger partial charge in [-0.05, 0) is 71.6 Å². The monoisotopic (exact) mass is 429 g/mol. The third-order valence-corrected chi connectivity index (χ3v) is 6.87. The molecule has 0 spiro atoms. The van der Waals surface area contributed by atoms with Crippen molar-refractivity contribution < 1.29 is 23.0 Å². The van der Waals surface area contributed by atoms with E-state index in [9.17, 15) is 4.79 Å². The van der Waals surface area contributed by atoms with E-state index in [1.54, 1.807) is 13.0 Å². The zero-order valence-corrected chi connectivity index (χ0v) is 19.1. The van der Waals surface area contributed by atoms with Crippen LogP contribution >= 0.6 is 0 Å². The highest BCUT2D eigenvalue weighted by atomic mass is 19.1. The predicted octanol–water partition coefficient (Wildman–Crippen LogP) is 3.36. The summed E-state index contributed by atoms with van der Waals surface area (Å²) >= 11 is 0. The lowest BCUT2D eigenvalue weighted by atomic mass is 9.77. The number of rotatable bonds is 5. The lowest BCUT2D eigenvalue weighted by Crippen LogP contribution is -2.41. The first-order valence-corrected chi connectivity index (χ1v) is 10.6. The van der Waals surface area contributed by atoms with Gasteiger partial charge in [0.25, 0.3) is 0 Å². The van der Waals surface area contributed by atoms with E-state index in [-0.39, 0.29) is 11.3 Å². The highest BCUT2D eigenvalue weighted by molar-refractivity contribution is 6.62. The average Bonchev–Trinajstić information content (AvgIpc) is 3.12. The molecule has 4 rings (SSSR count). The van der Waals surface area contributed by atoms with Gasteiger partial charge in [0.2, 0.25) is 0 Å². The molecular weight excluding hydrogens is 400 g/mol.